The first kappa shape index (κ1) is 14.2. The summed E-state index contributed by atoms with van der Waals surface area (Å²) in [6, 6.07) is 5.02. The van der Waals surface area contributed by atoms with Crippen LogP contribution in [0.1, 0.15) is 23.7 Å². The molecule has 108 valence electrons. The molecule has 0 aromatic heterocycles. The minimum absolute atomic E-state index is 0.0346. The smallest absolute Gasteiger partial charge is 0.248 e. The van der Waals surface area contributed by atoms with Crippen molar-refractivity contribution in [3.8, 4) is 0 Å². The lowest BCUT2D eigenvalue weighted by molar-refractivity contribution is -0.128. The number of nitrogens with one attached hydrogen (secondary N) is 1. The van der Waals surface area contributed by atoms with Crippen LogP contribution in [0.3, 0.4) is 0 Å². The van der Waals surface area contributed by atoms with Crippen molar-refractivity contribution < 1.29 is 9.59 Å². The zero-order chi connectivity index (χ0) is 14.9. The highest BCUT2D eigenvalue weighted by molar-refractivity contribution is 5.95. The standard InChI is InChI=1S/C14H20N4O2/c1-14(13(20)17-2)5-6-18(8-14)11-4-3-9(12(16)19)7-10(11)15/h3-4,7H,5-6,8,15H2,1-2H3,(H2,16,19)(H,17,20). The number of rotatable bonds is 3. The van der Waals surface area contributed by atoms with Crippen LogP contribution in [-0.4, -0.2) is 32.0 Å². The Labute approximate surface area is 118 Å². The molecule has 1 heterocycles. The van der Waals surface area contributed by atoms with Gasteiger partial charge in [-0.1, -0.05) is 0 Å². The van der Waals surface area contributed by atoms with Crippen molar-refractivity contribution in [2.45, 2.75) is 13.3 Å². The van der Waals surface area contributed by atoms with Crippen LogP contribution in [0.25, 0.3) is 0 Å². The van der Waals surface area contributed by atoms with Crippen LogP contribution in [0.4, 0.5) is 11.4 Å². The van der Waals surface area contributed by atoms with Crippen LogP contribution in [0.15, 0.2) is 18.2 Å². The minimum Gasteiger partial charge on any atom is -0.397 e. The lowest BCUT2D eigenvalue weighted by Crippen LogP contribution is -2.39. The van der Waals surface area contributed by atoms with Gasteiger partial charge in [-0.2, -0.15) is 0 Å². The van der Waals surface area contributed by atoms with Crippen LogP contribution in [0.5, 0.6) is 0 Å². The number of nitrogen functional groups attached to an aromatic ring is 1. The molecule has 6 heteroatoms. The molecule has 5 N–H and O–H groups in total. The Kier molecular flexibility index (Phi) is 3.57. The number of hydrogen-bond acceptors (Lipinski definition) is 4. The lowest BCUT2D eigenvalue weighted by atomic mass is 9.89. The number of hydrogen-bond donors (Lipinski definition) is 3. The quantitative estimate of drug-likeness (QED) is 0.692. The van der Waals surface area contributed by atoms with Gasteiger partial charge in [-0.05, 0) is 31.5 Å². The summed E-state index contributed by atoms with van der Waals surface area (Å²) in [5.41, 5.74) is 12.5. The lowest BCUT2D eigenvalue weighted by Gasteiger charge is -2.25. The molecule has 1 unspecified atom stereocenters. The molecule has 1 fully saturated rings. The number of primary amides is 1. The number of carbonyl (C=O) groups is 2. The first-order valence-corrected chi connectivity index (χ1v) is 6.54. The Morgan fingerprint density at radius 2 is 2.10 bits per heavy atom. The van der Waals surface area contributed by atoms with E-state index >= 15 is 0 Å². The molecule has 20 heavy (non-hydrogen) atoms. The Morgan fingerprint density at radius 1 is 1.40 bits per heavy atom. The van der Waals surface area contributed by atoms with Gasteiger partial charge in [0.05, 0.1) is 16.8 Å². The molecule has 1 saturated heterocycles. The molecule has 1 atom stereocenters. The van der Waals surface area contributed by atoms with Gasteiger partial charge in [-0.15, -0.1) is 0 Å². The third kappa shape index (κ3) is 2.41. The maximum Gasteiger partial charge on any atom is 0.248 e. The normalized spacial score (nSPS) is 21.8. The molecular formula is C14H20N4O2. The number of carbonyl (C=O) groups excluding carboxylic acids is 2. The monoisotopic (exact) mass is 276 g/mol. The second kappa shape index (κ2) is 5.03. The van der Waals surface area contributed by atoms with Gasteiger partial charge < -0.3 is 21.7 Å². The number of anilines is 2. The molecule has 1 aliphatic rings. The Morgan fingerprint density at radius 3 is 2.65 bits per heavy atom. The Balaban J connectivity index is 2.22. The van der Waals surface area contributed by atoms with Crippen molar-refractivity contribution in [2.75, 3.05) is 30.8 Å². The molecular weight excluding hydrogens is 256 g/mol. The summed E-state index contributed by atoms with van der Waals surface area (Å²) in [6.45, 7) is 3.30. The maximum absolute atomic E-state index is 11.9. The molecule has 1 aromatic carbocycles. The van der Waals surface area contributed by atoms with E-state index in [1.54, 1.807) is 25.2 Å². The summed E-state index contributed by atoms with van der Waals surface area (Å²) in [5, 5.41) is 2.70. The molecule has 6 nitrogen and oxygen atoms in total. The van der Waals surface area contributed by atoms with E-state index in [0.29, 0.717) is 17.8 Å². The first-order chi connectivity index (χ1) is 9.37. The van der Waals surface area contributed by atoms with Gasteiger partial charge in [0.15, 0.2) is 0 Å². The number of nitrogens with two attached hydrogens (primary N) is 2. The minimum atomic E-state index is -0.500. The fourth-order valence-electron chi connectivity index (χ4n) is 2.65. The highest BCUT2D eigenvalue weighted by atomic mass is 16.2. The summed E-state index contributed by atoms with van der Waals surface area (Å²) < 4.78 is 0. The van der Waals surface area contributed by atoms with Crippen molar-refractivity contribution in [3.05, 3.63) is 23.8 Å². The van der Waals surface area contributed by atoms with Gasteiger partial charge in [0, 0.05) is 25.7 Å². The van der Waals surface area contributed by atoms with E-state index in [2.05, 4.69) is 10.2 Å². The molecule has 0 aliphatic carbocycles. The molecule has 0 radical (unpaired) electrons. The first-order valence-electron chi connectivity index (χ1n) is 6.54. The summed E-state index contributed by atoms with van der Waals surface area (Å²) in [4.78, 5) is 25.1. The van der Waals surface area contributed by atoms with Crippen molar-refractivity contribution in [1.82, 2.24) is 5.32 Å². The van der Waals surface area contributed by atoms with Crippen molar-refractivity contribution >= 4 is 23.2 Å². The van der Waals surface area contributed by atoms with Crippen molar-refractivity contribution in [2.24, 2.45) is 11.1 Å². The predicted molar refractivity (Wildman–Crippen MR) is 78.4 cm³/mol. The van der Waals surface area contributed by atoms with E-state index in [-0.39, 0.29) is 5.91 Å². The van der Waals surface area contributed by atoms with Gasteiger partial charge in [0.1, 0.15) is 0 Å². The second-order valence-electron chi connectivity index (χ2n) is 5.45. The van der Waals surface area contributed by atoms with Crippen LogP contribution in [0, 0.1) is 5.41 Å². The van der Waals surface area contributed by atoms with Crippen LogP contribution in [0.2, 0.25) is 0 Å². The SMILES string of the molecule is CNC(=O)C1(C)CCN(c2ccc(C(N)=O)cc2N)C1. The van der Waals surface area contributed by atoms with Crippen LogP contribution >= 0.6 is 0 Å². The van der Waals surface area contributed by atoms with E-state index in [4.69, 9.17) is 11.5 Å². The van der Waals surface area contributed by atoms with Gasteiger partial charge in [-0.25, -0.2) is 0 Å². The predicted octanol–water partition coefficient (Wildman–Crippen LogP) is 0.330. The van der Waals surface area contributed by atoms with E-state index in [9.17, 15) is 9.59 Å². The van der Waals surface area contributed by atoms with E-state index in [1.807, 2.05) is 6.92 Å². The Bertz CT molecular complexity index is 558. The Hall–Kier alpha value is -2.24. The van der Waals surface area contributed by atoms with Crippen molar-refractivity contribution in [1.29, 1.82) is 0 Å². The number of nitrogens with zero attached hydrogens (tertiary/aromatic N) is 1. The second-order valence-corrected chi connectivity index (χ2v) is 5.45. The summed E-state index contributed by atoms with van der Waals surface area (Å²) in [7, 11) is 1.65. The molecule has 0 bridgehead atoms. The molecule has 2 rings (SSSR count). The van der Waals surface area contributed by atoms with E-state index in [0.717, 1.165) is 18.7 Å². The zero-order valence-electron chi connectivity index (χ0n) is 11.8. The van der Waals surface area contributed by atoms with Gasteiger partial charge in [0.2, 0.25) is 11.8 Å². The molecule has 0 spiro atoms. The largest absolute Gasteiger partial charge is 0.397 e. The number of benzene rings is 1. The summed E-state index contributed by atoms with van der Waals surface area (Å²) in [6.07, 6.45) is 0.768. The topological polar surface area (TPSA) is 101 Å². The average molecular weight is 276 g/mol. The molecule has 2 amide bonds. The maximum atomic E-state index is 11.9. The van der Waals surface area contributed by atoms with E-state index < -0.39 is 11.3 Å². The third-order valence-corrected chi connectivity index (χ3v) is 3.90. The van der Waals surface area contributed by atoms with Gasteiger partial charge in [-0.3, -0.25) is 9.59 Å². The molecule has 1 aromatic rings. The fraction of sp³-hybridized carbons (Fsp3) is 0.429. The van der Waals surface area contributed by atoms with Gasteiger partial charge in [0.25, 0.3) is 0 Å². The van der Waals surface area contributed by atoms with E-state index in [1.165, 1.54) is 0 Å². The van der Waals surface area contributed by atoms with Crippen molar-refractivity contribution in [3.63, 3.8) is 0 Å². The number of amides is 2. The van der Waals surface area contributed by atoms with Crippen LogP contribution in [-0.2, 0) is 4.79 Å². The zero-order valence-corrected chi connectivity index (χ0v) is 11.8. The average Bonchev–Trinajstić information content (AvgIpc) is 2.81. The summed E-state index contributed by atoms with van der Waals surface area (Å²) in [5.74, 6) is -0.466. The highest BCUT2D eigenvalue weighted by Gasteiger charge is 2.40. The molecule has 1 aliphatic heterocycles. The highest BCUT2D eigenvalue weighted by Crippen LogP contribution is 2.36. The fourth-order valence-corrected chi connectivity index (χ4v) is 2.65. The van der Waals surface area contributed by atoms with Crippen LogP contribution < -0.4 is 21.7 Å². The third-order valence-electron chi connectivity index (χ3n) is 3.90. The summed E-state index contributed by atoms with van der Waals surface area (Å²) >= 11 is 0. The molecule has 0 saturated carbocycles. The van der Waals surface area contributed by atoms with Gasteiger partial charge >= 0.3 is 0 Å².